The highest BCUT2D eigenvalue weighted by Gasteiger charge is 2.32. The molecule has 0 aliphatic carbocycles. The number of nitrogens with zero attached hydrogens (tertiary/aromatic N) is 1. The van der Waals surface area contributed by atoms with Crippen molar-refractivity contribution in [2.75, 3.05) is 0 Å². The quantitative estimate of drug-likeness (QED) is 0.932. The third-order valence-electron chi connectivity index (χ3n) is 2.34. The summed E-state index contributed by atoms with van der Waals surface area (Å²) in [6.45, 7) is 0. The lowest BCUT2D eigenvalue weighted by atomic mass is 10.2. The van der Waals surface area contributed by atoms with Gasteiger partial charge in [-0.15, -0.1) is 0 Å². The molecule has 1 aromatic heterocycles. The van der Waals surface area contributed by atoms with Crippen LogP contribution in [0.1, 0.15) is 16.1 Å². The number of halogens is 3. The van der Waals surface area contributed by atoms with E-state index in [9.17, 15) is 18.0 Å². The summed E-state index contributed by atoms with van der Waals surface area (Å²) in [6.07, 6.45) is -4.48. The highest BCUT2D eigenvalue weighted by Crippen LogP contribution is 2.31. The molecule has 2 aromatic rings. The van der Waals surface area contributed by atoms with Crippen LogP contribution in [0, 0.1) is 0 Å². The molecule has 3 nitrogen and oxygen atoms in total. The largest absolute Gasteiger partial charge is 0.478 e. The van der Waals surface area contributed by atoms with Gasteiger partial charge in [0.25, 0.3) is 0 Å². The van der Waals surface area contributed by atoms with Gasteiger partial charge in [-0.05, 0) is 36.4 Å². The number of hydrogen-bond donors (Lipinski definition) is 1. The van der Waals surface area contributed by atoms with Gasteiger partial charge in [0.05, 0.1) is 5.56 Å². The normalized spacial score (nSPS) is 11.3. The van der Waals surface area contributed by atoms with Crippen LogP contribution in [0.2, 0.25) is 0 Å². The van der Waals surface area contributed by atoms with Crippen molar-refractivity contribution in [3.8, 4) is 0 Å². The lowest BCUT2D eigenvalue weighted by Gasteiger charge is -2.07. The van der Waals surface area contributed by atoms with E-state index in [0.29, 0.717) is 4.90 Å². The molecular weight excluding hydrogens is 291 g/mol. The number of carboxylic acids is 1. The molecule has 104 valence electrons. The van der Waals surface area contributed by atoms with Crippen LogP contribution in [0.4, 0.5) is 13.2 Å². The van der Waals surface area contributed by atoms with E-state index in [2.05, 4.69) is 4.98 Å². The van der Waals surface area contributed by atoms with Crippen molar-refractivity contribution in [3.05, 3.63) is 53.7 Å². The minimum Gasteiger partial charge on any atom is -0.478 e. The van der Waals surface area contributed by atoms with Crippen molar-refractivity contribution in [2.24, 2.45) is 0 Å². The molecule has 0 atom stereocenters. The van der Waals surface area contributed by atoms with E-state index in [-0.39, 0.29) is 10.6 Å². The maximum atomic E-state index is 12.5. The van der Waals surface area contributed by atoms with Crippen molar-refractivity contribution in [1.29, 1.82) is 0 Å². The van der Waals surface area contributed by atoms with E-state index >= 15 is 0 Å². The van der Waals surface area contributed by atoms with Crippen LogP contribution < -0.4 is 0 Å². The van der Waals surface area contributed by atoms with Gasteiger partial charge in [-0.1, -0.05) is 17.8 Å². The van der Waals surface area contributed by atoms with E-state index in [1.165, 1.54) is 36.4 Å². The number of carbonyl (C=O) groups is 1. The molecule has 0 bridgehead atoms. The van der Waals surface area contributed by atoms with Gasteiger partial charge in [0.2, 0.25) is 0 Å². The summed E-state index contributed by atoms with van der Waals surface area (Å²) in [5, 5.41) is 8.94. The lowest BCUT2D eigenvalue weighted by molar-refractivity contribution is -0.141. The van der Waals surface area contributed by atoms with Crippen molar-refractivity contribution < 1.29 is 23.1 Å². The molecular formula is C13H8F3NO2S. The van der Waals surface area contributed by atoms with Gasteiger partial charge in [-0.2, -0.15) is 13.2 Å². The summed E-state index contributed by atoms with van der Waals surface area (Å²) in [6, 6.07) is 9.47. The zero-order valence-corrected chi connectivity index (χ0v) is 10.7. The summed E-state index contributed by atoms with van der Waals surface area (Å²) in [5.74, 6) is -1.06. The average molecular weight is 299 g/mol. The molecule has 1 heterocycles. The number of alkyl halides is 3. The molecule has 0 fully saturated rings. The predicted octanol–water partition coefficient (Wildman–Crippen LogP) is 3.95. The molecule has 1 aromatic carbocycles. The summed E-state index contributed by atoms with van der Waals surface area (Å²) < 4.78 is 37.5. The fourth-order valence-corrected chi connectivity index (χ4v) is 2.22. The summed E-state index contributed by atoms with van der Waals surface area (Å²) in [4.78, 5) is 14.8. The lowest BCUT2D eigenvalue weighted by Crippen LogP contribution is -2.07. The number of benzene rings is 1. The molecule has 0 unspecified atom stereocenters. The van der Waals surface area contributed by atoms with Crippen LogP contribution in [0.5, 0.6) is 0 Å². The number of pyridine rings is 1. The first-order valence-electron chi connectivity index (χ1n) is 5.42. The first-order chi connectivity index (χ1) is 9.36. The van der Waals surface area contributed by atoms with Gasteiger partial charge in [0, 0.05) is 4.90 Å². The molecule has 2 rings (SSSR count). The molecule has 0 saturated heterocycles. The van der Waals surface area contributed by atoms with Crippen LogP contribution in [-0.4, -0.2) is 16.1 Å². The van der Waals surface area contributed by atoms with Gasteiger partial charge < -0.3 is 5.11 Å². The zero-order chi connectivity index (χ0) is 14.8. The van der Waals surface area contributed by atoms with Gasteiger partial charge in [0.1, 0.15) is 10.7 Å². The molecule has 7 heteroatoms. The molecule has 0 aliphatic heterocycles. The number of aromatic nitrogens is 1. The Hall–Kier alpha value is -2.02. The Balaban J connectivity index is 2.20. The SMILES string of the molecule is O=C(O)c1ccc(Sc2cccc(C(F)(F)F)n2)cc1. The standard InChI is InChI=1S/C13H8F3NO2S/c14-13(15,16)10-2-1-3-11(17-10)20-9-6-4-8(5-7-9)12(18)19/h1-7H,(H,18,19). The Morgan fingerprint density at radius 1 is 1.10 bits per heavy atom. The molecule has 0 saturated carbocycles. The van der Waals surface area contributed by atoms with E-state index < -0.39 is 17.8 Å². The fourth-order valence-electron chi connectivity index (χ4n) is 1.42. The second-order valence-corrected chi connectivity index (χ2v) is 4.88. The molecule has 0 aliphatic rings. The number of rotatable bonds is 3. The van der Waals surface area contributed by atoms with Crippen LogP contribution in [0.15, 0.2) is 52.4 Å². The Morgan fingerprint density at radius 2 is 1.75 bits per heavy atom. The van der Waals surface area contributed by atoms with Crippen molar-refractivity contribution in [3.63, 3.8) is 0 Å². The molecule has 1 N–H and O–H groups in total. The summed E-state index contributed by atoms with van der Waals surface area (Å²) in [5.41, 5.74) is -0.837. The fraction of sp³-hybridized carbons (Fsp3) is 0.0769. The van der Waals surface area contributed by atoms with Gasteiger partial charge in [-0.25, -0.2) is 9.78 Å². The highest BCUT2D eigenvalue weighted by atomic mass is 32.2. The zero-order valence-electron chi connectivity index (χ0n) is 9.89. The van der Waals surface area contributed by atoms with Gasteiger partial charge in [0.15, 0.2) is 0 Å². The van der Waals surface area contributed by atoms with E-state index in [0.717, 1.165) is 17.8 Å². The summed E-state index contributed by atoms with van der Waals surface area (Å²) >= 11 is 1.03. The van der Waals surface area contributed by atoms with Crippen LogP contribution >= 0.6 is 11.8 Å². The molecule has 0 spiro atoms. The predicted molar refractivity (Wildman–Crippen MR) is 66.8 cm³/mol. The average Bonchev–Trinajstić information content (AvgIpc) is 2.38. The molecule has 0 radical (unpaired) electrons. The van der Waals surface area contributed by atoms with E-state index in [1.807, 2.05) is 0 Å². The third-order valence-corrected chi connectivity index (χ3v) is 3.28. The van der Waals surface area contributed by atoms with Crippen LogP contribution in [0.25, 0.3) is 0 Å². The van der Waals surface area contributed by atoms with Gasteiger partial charge in [-0.3, -0.25) is 0 Å². The maximum Gasteiger partial charge on any atom is 0.433 e. The minimum atomic E-state index is -4.48. The highest BCUT2D eigenvalue weighted by molar-refractivity contribution is 7.99. The van der Waals surface area contributed by atoms with Crippen molar-refractivity contribution in [1.82, 2.24) is 4.98 Å². The Kier molecular flexibility index (Phi) is 3.99. The van der Waals surface area contributed by atoms with Gasteiger partial charge >= 0.3 is 12.1 Å². The Bertz CT molecular complexity index is 626. The Labute approximate surface area is 116 Å². The van der Waals surface area contributed by atoms with E-state index in [1.54, 1.807) is 0 Å². The molecule has 20 heavy (non-hydrogen) atoms. The topological polar surface area (TPSA) is 50.2 Å². The minimum absolute atomic E-state index is 0.117. The third kappa shape index (κ3) is 3.51. The van der Waals surface area contributed by atoms with Crippen molar-refractivity contribution in [2.45, 2.75) is 16.1 Å². The maximum absolute atomic E-state index is 12.5. The number of aromatic carboxylic acids is 1. The second kappa shape index (κ2) is 5.54. The number of carboxylic acid groups (broad SMARTS) is 1. The van der Waals surface area contributed by atoms with E-state index in [4.69, 9.17) is 5.11 Å². The number of hydrogen-bond acceptors (Lipinski definition) is 3. The van der Waals surface area contributed by atoms with Crippen LogP contribution in [0.3, 0.4) is 0 Å². The molecule has 0 amide bonds. The first-order valence-corrected chi connectivity index (χ1v) is 6.23. The van der Waals surface area contributed by atoms with Crippen LogP contribution in [-0.2, 0) is 6.18 Å². The van der Waals surface area contributed by atoms with Crippen molar-refractivity contribution >= 4 is 17.7 Å². The first kappa shape index (κ1) is 14.4. The summed E-state index contributed by atoms with van der Waals surface area (Å²) in [7, 11) is 0. The monoisotopic (exact) mass is 299 g/mol. The smallest absolute Gasteiger partial charge is 0.433 e. The second-order valence-electron chi connectivity index (χ2n) is 3.79. The Morgan fingerprint density at radius 3 is 2.30 bits per heavy atom.